The number of ether oxygens (including phenoxy) is 1. The van der Waals surface area contributed by atoms with Gasteiger partial charge < -0.3 is 26.4 Å². The van der Waals surface area contributed by atoms with Crippen molar-refractivity contribution in [1.29, 1.82) is 0 Å². The van der Waals surface area contributed by atoms with E-state index in [0.29, 0.717) is 21.4 Å². The average Bonchev–Trinajstić information content (AvgIpc) is 3.05. The average molecular weight is 919 g/mol. The molecule has 0 heterocycles. The third kappa shape index (κ3) is 15.5. The molecule has 257 valence electrons. The SMILES string of the molecule is CCOC(=O)/C=C/C(CCC(N)=O)NC(=O)C(Cc1ccccc1)NC(=O)C(CC(C)C)NC(=O)c1ccc2ccccc2c1.[I][V][I]. The van der Waals surface area contributed by atoms with E-state index in [0.717, 1.165) is 16.3 Å². The standard InChI is InChI=1S/C35H42N4O6.2HI.V/c1-4-45-32(41)19-17-28(16-18-31(36)40)37-34(43)30(21-24-10-6-5-7-11-24)39-35(44)29(20-23(2)3)38-33(42)27-15-14-25-12-8-9-13-26(25)22-27;;;/h5-15,17,19,22-23,28-30H,4,16,18,20-21H2,1-3H3,(H2,36,40)(H,37,43)(H,38,42)(H,39,44);2*1H;/q;;;+2/p-2/b19-17+;;;. The Morgan fingerprint density at radius 1 is 0.854 bits per heavy atom. The van der Waals surface area contributed by atoms with Crippen LogP contribution in [0.2, 0.25) is 0 Å². The molecule has 0 fully saturated rings. The molecule has 0 saturated heterocycles. The number of nitrogens with two attached hydrogens (primary N) is 1. The Hall–Kier alpha value is -2.95. The first kappa shape index (κ1) is 41.2. The first-order valence-electron chi connectivity index (χ1n) is 15.5. The molecule has 5 N–H and O–H groups in total. The Morgan fingerprint density at radius 2 is 1.48 bits per heavy atom. The van der Waals surface area contributed by atoms with Gasteiger partial charge in [0.25, 0.3) is 5.91 Å². The summed E-state index contributed by atoms with van der Waals surface area (Å²) < 4.78 is 4.92. The molecule has 0 aromatic heterocycles. The van der Waals surface area contributed by atoms with Crippen molar-refractivity contribution in [3.63, 3.8) is 0 Å². The molecule has 3 rings (SSSR count). The summed E-state index contributed by atoms with van der Waals surface area (Å²) in [6, 6.07) is 19.5. The maximum absolute atomic E-state index is 13.7. The van der Waals surface area contributed by atoms with E-state index in [2.05, 4.69) is 55.9 Å². The molecule has 48 heavy (non-hydrogen) atoms. The maximum atomic E-state index is 13.7. The van der Waals surface area contributed by atoms with Gasteiger partial charge in [-0.3, -0.25) is 19.2 Å². The second-order valence-electron chi connectivity index (χ2n) is 11.3. The van der Waals surface area contributed by atoms with Crippen LogP contribution < -0.4 is 21.7 Å². The van der Waals surface area contributed by atoms with Crippen molar-refractivity contribution in [2.24, 2.45) is 11.7 Å². The summed E-state index contributed by atoms with van der Waals surface area (Å²) in [7, 11) is 0.628. The van der Waals surface area contributed by atoms with Gasteiger partial charge in [0.15, 0.2) is 0 Å². The monoisotopic (exact) mass is 919 g/mol. The van der Waals surface area contributed by atoms with E-state index in [-0.39, 0.29) is 31.8 Å². The fourth-order valence-corrected chi connectivity index (χ4v) is 4.79. The zero-order valence-electron chi connectivity index (χ0n) is 27.2. The number of halogens is 2. The van der Waals surface area contributed by atoms with Crippen molar-refractivity contribution < 1.29 is 38.2 Å². The van der Waals surface area contributed by atoms with Crippen molar-refractivity contribution in [3.05, 3.63) is 96.1 Å². The number of carbonyl (C=O) groups excluding carboxylic acids is 5. The molecule has 10 nitrogen and oxygen atoms in total. The van der Waals surface area contributed by atoms with Gasteiger partial charge in [0.1, 0.15) is 12.1 Å². The third-order valence-electron chi connectivity index (χ3n) is 7.04. The van der Waals surface area contributed by atoms with Crippen LogP contribution in [0.1, 0.15) is 56.0 Å². The van der Waals surface area contributed by atoms with Gasteiger partial charge in [-0.1, -0.05) is 80.6 Å². The van der Waals surface area contributed by atoms with E-state index in [1.54, 1.807) is 19.1 Å². The Morgan fingerprint density at radius 3 is 2.10 bits per heavy atom. The molecule has 0 saturated carbocycles. The number of hydrogen-bond donors (Lipinski definition) is 4. The van der Waals surface area contributed by atoms with E-state index >= 15 is 0 Å². The van der Waals surface area contributed by atoms with Crippen LogP contribution in [-0.2, 0) is 39.8 Å². The number of hydrogen-bond acceptors (Lipinski definition) is 6. The number of esters is 1. The van der Waals surface area contributed by atoms with E-state index < -0.39 is 47.7 Å². The summed E-state index contributed by atoms with van der Waals surface area (Å²) in [6.07, 6.45) is 3.22. The van der Waals surface area contributed by atoms with Crippen molar-refractivity contribution in [2.45, 2.75) is 64.6 Å². The van der Waals surface area contributed by atoms with Crippen LogP contribution in [0.5, 0.6) is 0 Å². The number of primary amides is 1. The molecule has 0 aliphatic carbocycles. The van der Waals surface area contributed by atoms with Gasteiger partial charge in [-0.2, -0.15) is 0 Å². The molecule has 0 aliphatic heterocycles. The summed E-state index contributed by atoms with van der Waals surface area (Å²) in [5.74, 6) is -2.54. The molecule has 0 aliphatic rings. The molecule has 4 amide bonds. The second kappa shape index (κ2) is 22.6. The molecule has 3 aromatic rings. The Balaban J connectivity index is 0.00000257. The quantitative estimate of drug-likeness (QED) is 0.0863. The molecule has 13 heteroatoms. The van der Waals surface area contributed by atoms with Gasteiger partial charge >= 0.3 is 55.4 Å². The molecule has 3 atom stereocenters. The first-order valence-corrected chi connectivity index (χ1v) is 24.5. The topological polar surface area (TPSA) is 157 Å². The van der Waals surface area contributed by atoms with Crippen LogP contribution in [0.3, 0.4) is 0 Å². The van der Waals surface area contributed by atoms with Crippen molar-refractivity contribution in [1.82, 2.24) is 16.0 Å². The van der Waals surface area contributed by atoms with Gasteiger partial charge in [0, 0.05) is 30.5 Å². The second-order valence-corrected chi connectivity index (χ2v) is 23.1. The van der Waals surface area contributed by atoms with Crippen LogP contribution in [0.4, 0.5) is 0 Å². The zero-order valence-corrected chi connectivity index (χ0v) is 32.9. The van der Waals surface area contributed by atoms with Gasteiger partial charge in [-0.05, 0) is 54.2 Å². The molecule has 0 spiro atoms. The predicted octanol–water partition coefficient (Wildman–Crippen LogP) is 5.35. The van der Waals surface area contributed by atoms with Crippen LogP contribution >= 0.6 is 40.0 Å². The van der Waals surface area contributed by atoms with Crippen molar-refractivity contribution in [3.8, 4) is 0 Å². The van der Waals surface area contributed by atoms with Gasteiger partial charge in [0.05, 0.1) is 6.61 Å². The van der Waals surface area contributed by atoms with Gasteiger partial charge in [0.2, 0.25) is 17.7 Å². The number of rotatable bonds is 16. The molecule has 3 aromatic carbocycles. The summed E-state index contributed by atoms with van der Waals surface area (Å²) >= 11 is 4.74. The Bertz CT molecular complexity index is 1540. The van der Waals surface area contributed by atoms with E-state index in [1.165, 1.54) is 12.2 Å². The summed E-state index contributed by atoms with van der Waals surface area (Å²) in [4.78, 5) is 64.0. The van der Waals surface area contributed by atoms with Crippen LogP contribution in [0, 0.1) is 5.92 Å². The summed E-state index contributed by atoms with van der Waals surface area (Å²) in [5.41, 5.74) is 6.54. The number of carbonyl (C=O) groups is 5. The molecule has 3 unspecified atom stereocenters. The van der Waals surface area contributed by atoms with Crippen LogP contribution in [0.25, 0.3) is 10.8 Å². The molecule has 0 radical (unpaired) electrons. The Kier molecular flexibility index (Phi) is 19.4. The van der Waals surface area contributed by atoms with Crippen LogP contribution in [0.15, 0.2) is 84.9 Å². The minimum absolute atomic E-state index is 0.0366. The number of fused-ring (bicyclic) bond motifs is 1. The van der Waals surface area contributed by atoms with Crippen molar-refractivity contribution in [2.75, 3.05) is 6.61 Å². The molecule has 0 bridgehead atoms. The van der Waals surface area contributed by atoms with Crippen molar-refractivity contribution >= 4 is 80.3 Å². The number of amides is 4. The predicted molar refractivity (Wildman–Crippen MR) is 201 cm³/mol. The minimum atomic E-state index is -1.03. The van der Waals surface area contributed by atoms with E-state index in [9.17, 15) is 24.0 Å². The molecular weight excluding hydrogens is 877 g/mol. The van der Waals surface area contributed by atoms with E-state index in [1.807, 2.05) is 74.5 Å². The zero-order chi connectivity index (χ0) is 35.5. The fraction of sp³-hybridized carbons (Fsp3) is 0.343. The number of nitrogens with one attached hydrogen (secondary N) is 3. The molecular formula is C35H42I2N4O6V. The van der Waals surface area contributed by atoms with Gasteiger partial charge in [-0.15, -0.1) is 0 Å². The van der Waals surface area contributed by atoms with Crippen LogP contribution in [-0.4, -0.2) is 54.3 Å². The van der Waals surface area contributed by atoms with Gasteiger partial charge in [-0.25, -0.2) is 4.79 Å². The third-order valence-corrected chi connectivity index (χ3v) is 7.04. The normalized spacial score (nSPS) is 12.6. The fourth-order valence-electron chi connectivity index (χ4n) is 4.79. The number of benzene rings is 3. The van der Waals surface area contributed by atoms with E-state index in [4.69, 9.17) is 10.5 Å². The first-order chi connectivity index (χ1) is 23.0. The summed E-state index contributed by atoms with van der Waals surface area (Å²) in [5, 5.41) is 10.4. The Labute approximate surface area is 311 Å². The summed E-state index contributed by atoms with van der Waals surface area (Å²) in [6.45, 7) is 5.74.